The molecule has 7 heteroatoms. The molecule has 2 N–H and O–H groups in total. The number of aliphatic hydroxyl groups excluding tert-OH is 1. The molecular formula is C24H29N2O5+. The smallest absolute Gasteiger partial charge is 0.295 e. The molecule has 1 saturated heterocycles. The average Bonchev–Trinajstić information content (AvgIpc) is 3.03. The van der Waals surface area contributed by atoms with Gasteiger partial charge in [0.1, 0.15) is 5.76 Å². The van der Waals surface area contributed by atoms with E-state index >= 15 is 0 Å². The quantitative estimate of drug-likeness (QED) is 0.382. The number of Topliss-reactive ketones (excluding diaryl/α,β-unsaturated/α-hetero) is 1. The number of likely N-dealkylation sites (tertiary alicyclic amines) is 1. The number of rotatable bonds is 8. The van der Waals surface area contributed by atoms with Crippen LogP contribution in [0.1, 0.15) is 23.6 Å². The highest BCUT2D eigenvalue weighted by Crippen LogP contribution is 2.45. The number of ketones is 1. The molecule has 1 unspecified atom stereocenters. The van der Waals surface area contributed by atoms with Crippen molar-refractivity contribution in [2.75, 3.05) is 41.4 Å². The molecule has 0 bridgehead atoms. The molecule has 1 fully saturated rings. The summed E-state index contributed by atoms with van der Waals surface area (Å²) >= 11 is 0. The monoisotopic (exact) mass is 425 g/mol. The van der Waals surface area contributed by atoms with E-state index in [9.17, 15) is 14.7 Å². The van der Waals surface area contributed by atoms with Crippen LogP contribution < -0.4 is 14.4 Å². The Bertz CT molecular complexity index is 985. The Morgan fingerprint density at radius 1 is 1.03 bits per heavy atom. The first-order chi connectivity index (χ1) is 14.9. The fourth-order valence-corrected chi connectivity index (χ4v) is 3.92. The number of hydrogen-bond donors (Lipinski definition) is 2. The lowest BCUT2D eigenvalue weighted by Crippen LogP contribution is -3.05. The highest BCUT2D eigenvalue weighted by molar-refractivity contribution is 6.46. The molecule has 1 aliphatic rings. The third-order valence-corrected chi connectivity index (χ3v) is 5.39. The van der Waals surface area contributed by atoms with Crippen LogP contribution in [0.2, 0.25) is 0 Å². The predicted molar refractivity (Wildman–Crippen MR) is 117 cm³/mol. The predicted octanol–water partition coefficient (Wildman–Crippen LogP) is 1.66. The zero-order valence-electron chi connectivity index (χ0n) is 18.3. The summed E-state index contributed by atoms with van der Waals surface area (Å²) in [5.41, 5.74) is 1.13. The number of carbonyl (C=O) groups excluding carboxylic acids is 2. The van der Waals surface area contributed by atoms with E-state index in [1.807, 2.05) is 20.2 Å². The van der Waals surface area contributed by atoms with Crippen molar-refractivity contribution < 1.29 is 29.1 Å². The van der Waals surface area contributed by atoms with Gasteiger partial charge in [0.05, 0.1) is 46.5 Å². The number of carbonyl (C=O) groups is 2. The van der Waals surface area contributed by atoms with Crippen LogP contribution in [0.15, 0.2) is 54.1 Å². The minimum absolute atomic E-state index is 0.0555. The molecule has 2 aromatic rings. The highest BCUT2D eigenvalue weighted by atomic mass is 16.5. The van der Waals surface area contributed by atoms with Gasteiger partial charge in [-0.05, 0) is 6.07 Å². The van der Waals surface area contributed by atoms with Crippen molar-refractivity contribution in [1.29, 1.82) is 0 Å². The van der Waals surface area contributed by atoms with Crippen molar-refractivity contribution >= 4 is 17.4 Å². The molecule has 7 nitrogen and oxygen atoms in total. The van der Waals surface area contributed by atoms with Crippen LogP contribution in [-0.4, -0.2) is 63.1 Å². The summed E-state index contributed by atoms with van der Waals surface area (Å²) in [5.74, 6) is -0.605. The number of nitrogens with zero attached hydrogens (tertiary/aromatic N) is 1. The Balaban J connectivity index is 2.18. The van der Waals surface area contributed by atoms with Crippen molar-refractivity contribution in [1.82, 2.24) is 4.90 Å². The van der Waals surface area contributed by atoms with Gasteiger partial charge in [-0.1, -0.05) is 42.5 Å². The molecule has 2 aromatic carbocycles. The Morgan fingerprint density at radius 2 is 1.74 bits per heavy atom. The lowest BCUT2D eigenvalue weighted by Gasteiger charge is -2.27. The topological polar surface area (TPSA) is 80.5 Å². The van der Waals surface area contributed by atoms with Crippen LogP contribution in [-0.2, 0) is 9.59 Å². The molecule has 0 aliphatic carbocycles. The van der Waals surface area contributed by atoms with E-state index in [1.54, 1.807) is 42.5 Å². The summed E-state index contributed by atoms with van der Waals surface area (Å²) in [4.78, 5) is 28.9. The van der Waals surface area contributed by atoms with Crippen molar-refractivity contribution in [3.63, 3.8) is 0 Å². The Morgan fingerprint density at radius 3 is 2.35 bits per heavy atom. The second kappa shape index (κ2) is 9.66. The van der Waals surface area contributed by atoms with Gasteiger partial charge in [0.2, 0.25) is 0 Å². The van der Waals surface area contributed by atoms with Gasteiger partial charge < -0.3 is 24.4 Å². The third-order valence-electron chi connectivity index (χ3n) is 5.39. The third kappa shape index (κ3) is 4.41. The molecular weight excluding hydrogens is 396 g/mol. The maximum absolute atomic E-state index is 13.1. The van der Waals surface area contributed by atoms with E-state index in [4.69, 9.17) is 9.47 Å². The molecule has 1 atom stereocenters. The van der Waals surface area contributed by atoms with Gasteiger partial charge in [-0.15, -0.1) is 0 Å². The number of benzene rings is 2. The molecule has 1 aliphatic heterocycles. The zero-order valence-corrected chi connectivity index (χ0v) is 18.3. The van der Waals surface area contributed by atoms with Gasteiger partial charge in [0.15, 0.2) is 11.5 Å². The Kier molecular flexibility index (Phi) is 6.97. The minimum Gasteiger partial charge on any atom is -0.507 e. The second-order valence-corrected chi connectivity index (χ2v) is 7.75. The molecule has 3 rings (SSSR count). The summed E-state index contributed by atoms with van der Waals surface area (Å²) in [6.07, 6.45) is 0.712. The Hall–Kier alpha value is -3.32. The molecule has 0 radical (unpaired) electrons. The maximum Gasteiger partial charge on any atom is 0.295 e. The molecule has 0 spiro atoms. The summed E-state index contributed by atoms with van der Waals surface area (Å²) in [6, 6.07) is 13.3. The standard InChI is InChI=1S/C24H28N2O5/c1-25(2)14-9-15-26-20(17-12-8-13-18(30-3)23(17)31-4)19(22(28)24(26)29)21(27)16-10-6-5-7-11-16/h5-8,10-13,20,27H,9,14-15H2,1-4H3/p+1. The SMILES string of the molecule is COc1cccc(C2C(=C(O)c3ccccc3)C(=O)C(=O)N2CCC[NH+](C)C)c1OC. The van der Waals surface area contributed by atoms with Gasteiger partial charge in [-0.25, -0.2) is 0 Å². The van der Waals surface area contributed by atoms with Crippen LogP contribution >= 0.6 is 0 Å². The number of ether oxygens (including phenoxy) is 2. The van der Waals surface area contributed by atoms with E-state index in [0.717, 1.165) is 6.54 Å². The normalized spacial score (nSPS) is 18.0. The van der Waals surface area contributed by atoms with Crippen LogP contribution in [0.25, 0.3) is 5.76 Å². The van der Waals surface area contributed by atoms with Gasteiger partial charge >= 0.3 is 0 Å². The van der Waals surface area contributed by atoms with Gasteiger partial charge in [-0.3, -0.25) is 9.59 Å². The number of para-hydroxylation sites is 1. The van der Waals surface area contributed by atoms with E-state index in [-0.39, 0.29) is 11.3 Å². The fourth-order valence-electron chi connectivity index (χ4n) is 3.92. The number of aliphatic hydroxyl groups is 1. The van der Waals surface area contributed by atoms with Crippen LogP contribution in [0.4, 0.5) is 0 Å². The van der Waals surface area contributed by atoms with E-state index in [1.165, 1.54) is 24.0 Å². The number of hydrogen-bond acceptors (Lipinski definition) is 5. The van der Waals surface area contributed by atoms with Gasteiger partial charge in [-0.2, -0.15) is 0 Å². The lowest BCUT2D eigenvalue weighted by atomic mass is 9.94. The largest absolute Gasteiger partial charge is 0.507 e. The first-order valence-electron chi connectivity index (χ1n) is 10.2. The highest BCUT2D eigenvalue weighted by Gasteiger charge is 2.47. The van der Waals surface area contributed by atoms with Crippen LogP contribution in [0.3, 0.4) is 0 Å². The number of quaternary nitrogens is 1. The maximum atomic E-state index is 13.1. The van der Waals surface area contributed by atoms with Crippen molar-refractivity contribution in [2.24, 2.45) is 0 Å². The number of nitrogens with one attached hydrogen (secondary N) is 1. The van der Waals surface area contributed by atoms with Crippen molar-refractivity contribution in [3.8, 4) is 11.5 Å². The molecule has 1 heterocycles. The van der Waals surface area contributed by atoms with Crippen LogP contribution in [0.5, 0.6) is 11.5 Å². The molecule has 31 heavy (non-hydrogen) atoms. The van der Waals surface area contributed by atoms with Gasteiger partial charge in [0.25, 0.3) is 11.7 Å². The first-order valence-corrected chi connectivity index (χ1v) is 10.2. The first kappa shape index (κ1) is 22.4. The number of methoxy groups -OCH3 is 2. The number of amides is 1. The van der Waals surface area contributed by atoms with Crippen molar-refractivity contribution in [2.45, 2.75) is 12.5 Å². The second-order valence-electron chi connectivity index (χ2n) is 7.75. The van der Waals surface area contributed by atoms with E-state index in [0.29, 0.717) is 35.6 Å². The fraction of sp³-hybridized carbons (Fsp3) is 0.333. The minimum atomic E-state index is -0.776. The van der Waals surface area contributed by atoms with E-state index in [2.05, 4.69) is 0 Å². The summed E-state index contributed by atoms with van der Waals surface area (Å²) < 4.78 is 11.0. The van der Waals surface area contributed by atoms with E-state index < -0.39 is 17.7 Å². The lowest BCUT2D eigenvalue weighted by molar-refractivity contribution is -0.858. The van der Waals surface area contributed by atoms with Crippen molar-refractivity contribution in [3.05, 3.63) is 65.2 Å². The zero-order chi connectivity index (χ0) is 22.5. The van der Waals surface area contributed by atoms with Gasteiger partial charge in [0, 0.05) is 24.1 Å². The summed E-state index contributed by atoms with van der Waals surface area (Å²) in [5, 5.41) is 11.1. The summed E-state index contributed by atoms with van der Waals surface area (Å²) in [6.45, 7) is 1.22. The summed E-state index contributed by atoms with van der Waals surface area (Å²) in [7, 11) is 7.11. The van der Waals surface area contributed by atoms with Crippen LogP contribution in [0, 0.1) is 0 Å². The average molecular weight is 426 g/mol. The molecule has 0 saturated carbocycles. The molecule has 164 valence electrons. The Labute approximate surface area is 182 Å². The molecule has 0 aromatic heterocycles. The molecule has 1 amide bonds.